The molecule has 0 bridgehead atoms. The topological polar surface area (TPSA) is 95.9 Å². The summed E-state index contributed by atoms with van der Waals surface area (Å²) in [6.45, 7) is 6.91. The highest BCUT2D eigenvalue weighted by molar-refractivity contribution is 7.89. The SMILES string of the molecule is CCOc1ccccc1C1CCN(S(=O)(=O)CC(C(=O)NO)C(C)C)CC1. The molecule has 1 unspecified atom stereocenters. The molecule has 1 atom stereocenters. The second-order valence-corrected chi connectivity index (χ2v) is 9.26. The molecule has 1 aliphatic rings. The molecule has 2 rings (SSSR count). The number of hydroxylamine groups is 1. The maximum Gasteiger partial charge on any atom is 0.247 e. The zero-order chi connectivity index (χ0) is 20.0. The summed E-state index contributed by atoms with van der Waals surface area (Å²) in [6.07, 6.45) is 1.42. The molecule has 2 N–H and O–H groups in total. The molecule has 1 aromatic carbocycles. The minimum atomic E-state index is -3.58. The van der Waals surface area contributed by atoms with Crippen molar-refractivity contribution in [2.24, 2.45) is 11.8 Å². The molecule has 0 radical (unpaired) electrons. The molecule has 1 saturated heterocycles. The lowest BCUT2D eigenvalue weighted by Gasteiger charge is -2.33. The highest BCUT2D eigenvalue weighted by Gasteiger charge is 2.34. The van der Waals surface area contributed by atoms with Crippen molar-refractivity contribution in [3.05, 3.63) is 29.8 Å². The van der Waals surface area contributed by atoms with Gasteiger partial charge < -0.3 is 4.74 Å². The molecule has 0 aromatic heterocycles. The van der Waals surface area contributed by atoms with Gasteiger partial charge in [-0.05, 0) is 43.2 Å². The van der Waals surface area contributed by atoms with E-state index in [0.717, 1.165) is 11.3 Å². The molecule has 0 saturated carbocycles. The van der Waals surface area contributed by atoms with Crippen LogP contribution >= 0.6 is 0 Å². The normalized spacial score (nSPS) is 17.7. The van der Waals surface area contributed by atoms with Crippen molar-refractivity contribution in [1.82, 2.24) is 9.79 Å². The number of nitrogens with one attached hydrogen (secondary N) is 1. The number of hydrogen-bond acceptors (Lipinski definition) is 5. The lowest BCUT2D eigenvalue weighted by molar-refractivity contribution is -0.134. The van der Waals surface area contributed by atoms with E-state index in [-0.39, 0.29) is 17.6 Å². The van der Waals surface area contributed by atoms with E-state index in [9.17, 15) is 13.2 Å². The number of para-hydroxylation sites is 1. The maximum absolute atomic E-state index is 12.8. The highest BCUT2D eigenvalue weighted by Crippen LogP contribution is 2.35. The number of hydrogen-bond donors (Lipinski definition) is 2. The quantitative estimate of drug-likeness (QED) is 0.518. The maximum atomic E-state index is 12.8. The minimum Gasteiger partial charge on any atom is -0.494 e. The fraction of sp³-hybridized carbons (Fsp3) is 0.632. The summed E-state index contributed by atoms with van der Waals surface area (Å²) in [5, 5.41) is 8.87. The third kappa shape index (κ3) is 5.43. The summed E-state index contributed by atoms with van der Waals surface area (Å²) in [7, 11) is -3.58. The summed E-state index contributed by atoms with van der Waals surface area (Å²) in [5.74, 6) is -0.813. The van der Waals surface area contributed by atoms with Crippen LogP contribution < -0.4 is 10.2 Å². The van der Waals surface area contributed by atoms with Crippen LogP contribution in [-0.4, -0.2) is 49.3 Å². The van der Waals surface area contributed by atoms with Crippen molar-refractivity contribution in [3.63, 3.8) is 0 Å². The van der Waals surface area contributed by atoms with Crippen molar-refractivity contribution in [3.8, 4) is 5.75 Å². The standard InChI is InChI=1S/C19H30N2O5S/c1-4-26-18-8-6-5-7-16(18)15-9-11-21(12-10-15)27(24,25)13-17(14(2)3)19(22)20-23/h5-8,14-15,17,23H,4,9-13H2,1-3H3,(H,20,22). The smallest absolute Gasteiger partial charge is 0.247 e. The van der Waals surface area contributed by atoms with Crippen LogP contribution in [0.5, 0.6) is 5.75 Å². The van der Waals surface area contributed by atoms with Gasteiger partial charge in [0, 0.05) is 13.1 Å². The molecule has 1 heterocycles. The second-order valence-electron chi connectivity index (χ2n) is 7.25. The molecule has 1 fully saturated rings. The van der Waals surface area contributed by atoms with E-state index in [2.05, 4.69) is 0 Å². The molecule has 7 nitrogen and oxygen atoms in total. The van der Waals surface area contributed by atoms with Gasteiger partial charge in [0.15, 0.2) is 0 Å². The molecular weight excluding hydrogens is 368 g/mol. The Balaban J connectivity index is 2.05. The van der Waals surface area contributed by atoms with Gasteiger partial charge in [-0.1, -0.05) is 32.0 Å². The van der Waals surface area contributed by atoms with Gasteiger partial charge in [0.2, 0.25) is 15.9 Å². The van der Waals surface area contributed by atoms with Gasteiger partial charge in [-0.2, -0.15) is 0 Å². The highest BCUT2D eigenvalue weighted by atomic mass is 32.2. The van der Waals surface area contributed by atoms with Crippen LogP contribution in [0.15, 0.2) is 24.3 Å². The number of carbonyl (C=O) groups is 1. The van der Waals surface area contributed by atoms with Gasteiger partial charge in [0.05, 0.1) is 18.3 Å². The molecule has 0 spiro atoms. The van der Waals surface area contributed by atoms with Crippen LogP contribution in [0.3, 0.4) is 0 Å². The largest absolute Gasteiger partial charge is 0.494 e. The number of nitrogens with zero attached hydrogens (tertiary/aromatic N) is 1. The Bertz CT molecular complexity index is 727. The van der Waals surface area contributed by atoms with Crippen molar-refractivity contribution >= 4 is 15.9 Å². The minimum absolute atomic E-state index is 0.192. The van der Waals surface area contributed by atoms with E-state index in [1.165, 1.54) is 4.31 Å². The Kier molecular flexibility index (Phi) is 7.64. The first-order chi connectivity index (χ1) is 12.8. The van der Waals surface area contributed by atoms with Crippen molar-refractivity contribution < 1.29 is 23.2 Å². The monoisotopic (exact) mass is 398 g/mol. The summed E-state index contributed by atoms with van der Waals surface area (Å²) in [4.78, 5) is 11.8. The Labute approximate surface area is 161 Å². The van der Waals surface area contributed by atoms with Crippen LogP contribution in [0.1, 0.15) is 45.1 Å². The lowest BCUT2D eigenvalue weighted by Crippen LogP contribution is -2.44. The number of sulfonamides is 1. The number of benzene rings is 1. The van der Waals surface area contributed by atoms with Crippen molar-refractivity contribution in [2.75, 3.05) is 25.4 Å². The Morgan fingerprint density at radius 1 is 1.30 bits per heavy atom. The molecule has 1 amide bonds. The number of ether oxygens (including phenoxy) is 1. The average molecular weight is 399 g/mol. The fourth-order valence-electron chi connectivity index (χ4n) is 3.54. The first-order valence-electron chi connectivity index (χ1n) is 9.43. The number of piperidine rings is 1. The third-order valence-electron chi connectivity index (χ3n) is 5.15. The molecule has 1 aromatic rings. The predicted molar refractivity (Wildman–Crippen MR) is 103 cm³/mol. The molecule has 8 heteroatoms. The molecule has 0 aliphatic carbocycles. The summed E-state index contributed by atoms with van der Waals surface area (Å²) < 4.78 is 32.7. The lowest BCUT2D eigenvalue weighted by atomic mass is 9.89. The number of amides is 1. The predicted octanol–water partition coefficient (Wildman–Crippen LogP) is 2.37. The summed E-state index contributed by atoms with van der Waals surface area (Å²) >= 11 is 0. The molecule has 152 valence electrons. The molecule has 1 aliphatic heterocycles. The van der Waals surface area contributed by atoms with E-state index in [0.29, 0.717) is 32.5 Å². The van der Waals surface area contributed by atoms with Crippen LogP contribution in [0.25, 0.3) is 0 Å². The van der Waals surface area contributed by atoms with Crippen LogP contribution in [0.4, 0.5) is 0 Å². The Morgan fingerprint density at radius 3 is 2.48 bits per heavy atom. The zero-order valence-electron chi connectivity index (χ0n) is 16.2. The summed E-state index contributed by atoms with van der Waals surface area (Å²) in [6, 6.07) is 7.90. The van der Waals surface area contributed by atoms with Gasteiger partial charge in [-0.15, -0.1) is 0 Å². The van der Waals surface area contributed by atoms with Crippen molar-refractivity contribution in [1.29, 1.82) is 0 Å². The number of rotatable bonds is 8. The average Bonchev–Trinajstić information content (AvgIpc) is 2.66. The second kappa shape index (κ2) is 9.52. The summed E-state index contributed by atoms with van der Waals surface area (Å²) in [5.41, 5.74) is 2.70. The van der Waals surface area contributed by atoms with Gasteiger partial charge in [-0.25, -0.2) is 18.2 Å². The van der Waals surface area contributed by atoms with E-state index >= 15 is 0 Å². The van der Waals surface area contributed by atoms with E-state index in [1.807, 2.05) is 31.2 Å². The van der Waals surface area contributed by atoms with E-state index in [4.69, 9.17) is 9.94 Å². The first-order valence-corrected chi connectivity index (χ1v) is 11.0. The van der Waals surface area contributed by atoms with Crippen molar-refractivity contribution in [2.45, 2.75) is 39.5 Å². The number of carbonyl (C=O) groups excluding carboxylic acids is 1. The molecule has 27 heavy (non-hydrogen) atoms. The van der Waals surface area contributed by atoms with E-state index < -0.39 is 21.8 Å². The third-order valence-corrected chi connectivity index (χ3v) is 7.08. The van der Waals surface area contributed by atoms with Gasteiger partial charge >= 0.3 is 0 Å². The Morgan fingerprint density at radius 2 is 1.93 bits per heavy atom. The van der Waals surface area contributed by atoms with Crippen LogP contribution in [-0.2, 0) is 14.8 Å². The first kappa shape index (κ1) is 21.7. The van der Waals surface area contributed by atoms with Gasteiger partial charge in [0.25, 0.3) is 0 Å². The fourth-order valence-corrected chi connectivity index (χ4v) is 5.50. The van der Waals surface area contributed by atoms with E-state index in [1.54, 1.807) is 19.3 Å². The van der Waals surface area contributed by atoms with Crippen LogP contribution in [0, 0.1) is 11.8 Å². The zero-order valence-corrected chi connectivity index (χ0v) is 17.0. The Hall–Kier alpha value is -1.64. The van der Waals surface area contributed by atoms with Gasteiger partial charge in [0.1, 0.15) is 5.75 Å². The van der Waals surface area contributed by atoms with Gasteiger partial charge in [-0.3, -0.25) is 10.0 Å². The molecular formula is C19H30N2O5S. The van der Waals surface area contributed by atoms with Crippen LogP contribution in [0.2, 0.25) is 0 Å².